The summed E-state index contributed by atoms with van der Waals surface area (Å²) in [6, 6.07) is 23.9. The molecule has 0 saturated carbocycles. The Labute approximate surface area is 171 Å². The van der Waals surface area contributed by atoms with E-state index in [9.17, 15) is 0 Å². The first-order chi connectivity index (χ1) is 12.6. The average Bonchev–Trinajstić information content (AvgIpc) is 2.65. The Bertz CT molecular complexity index is 836. The quantitative estimate of drug-likeness (QED) is 0.420. The predicted molar refractivity (Wildman–Crippen MR) is 115 cm³/mol. The fraction of sp³-hybridized carbons (Fsp3) is 0.217. The molecule has 26 heavy (non-hydrogen) atoms. The summed E-state index contributed by atoms with van der Waals surface area (Å²) in [5, 5.41) is 1.15. The summed E-state index contributed by atoms with van der Waals surface area (Å²) in [7, 11) is 1.73. The normalized spacial score (nSPS) is 12.0. The van der Waals surface area contributed by atoms with Crippen molar-refractivity contribution in [2.45, 2.75) is 25.1 Å². The molecule has 3 aromatic carbocycles. The van der Waals surface area contributed by atoms with Crippen LogP contribution in [0, 0.1) is 13.8 Å². The van der Waals surface area contributed by atoms with Gasteiger partial charge >= 0.3 is 171 Å². The van der Waals surface area contributed by atoms with Crippen LogP contribution in [0.3, 0.4) is 0 Å². The SMILES string of the molecule is COc1cc(C)c(C(C[Se]c2ccccc2)c2ccc(Br)cc2)c(C)c1. The molecule has 0 aliphatic carbocycles. The van der Waals surface area contributed by atoms with E-state index < -0.39 is 0 Å². The van der Waals surface area contributed by atoms with Crippen LogP contribution >= 0.6 is 15.9 Å². The Hall–Kier alpha value is -1.54. The molecular formula is C23H23BrOSe. The van der Waals surface area contributed by atoms with Crippen molar-refractivity contribution in [2.24, 2.45) is 0 Å². The van der Waals surface area contributed by atoms with Crippen LogP contribution in [0.2, 0.25) is 5.32 Å². The number of rotatable bonds is 6. The first-order valence-corrected chi connectivity index (χ1v) is 11.5. The monoisotopic (exact) mass is 474 g/mol. The van der Waals surface area contributed by atoms with Gasteiger partial charge in [-0.15, -0.1) is 0 Å². The summed E-state index contributed by atoms with van der Waals surface area (Å²) in [5.74, 6) is 1.33. The zero-order valence-corrected chi connectivity index (χ0v) is 18.6. The molecule has 0 amide bonds. The van der Waals surface area contributed by atoms with Crippen molar-refractivity contribution in [3.05, 3.63) is 93.5 Å². The van der Waals surface area contributed by atoms with E-state index in [1.807, 2.05) is 0 Å². The first-order valence-electron chi connectivity index (χ1n) is 8.67. The van der Waals surface area contributed by atoms with Crippen LogP contribution in [-0.4, -0.2) is 22.1 Å². The zero-order chi connectivity index (χ0) is 18.5. The van der Waals surface area contributed by atoms with Crippen molar-refractivity contribution >= 4 is 35.3 Å². The van der Waals surface area contributed by atoms with Crippen molar-refractivity contribution in [1.29, 1.82) is 0 Å². The van der Waals surface area contributed by atoms with Gasteiger partial charge in [0.25, 0.3) is 0 Å². The molecule has 0 fully saturated rings. The van der Waals surface area contributed by atoms with E-state index in [1.165, 1.54) is 26.7 Å². The Morgan fingerprint density at radius 3 is 2.12 bits per heavy atom. The fourth-order valence-electron chi connectivity index (χ4n) is 3.34. The van der Waals surface area contributed by atoms with Gasteiger partial charge in [-0.2, -0.15) is 0 Å². The van der Waals surface area contributed by atoms with Gasteiger partial charge in [0, 0.05) is 0 Å². The summed E-state index contributed by atoms with van der Waals surface area (Å²) in [4.78, 5) is 0. The topological polar surface area (TPSA) is 9.23 Å². The van der Waals surface area contributed by atoms with Gasteiger partial charge in [0.15, 0.2) is 0 Å². The summed E-state index contributed by atoms with van der Waals surface area (Å²) in [6.07, 6.45) is 0. The van der Waals surface area contributed by atoms with E-state index in [2.05, 4.69) is 96.5 Å². The number of aryl methyl sites for hydroxylation is 2. The molecule has 0 radical (unpaired) electrons. The van der Waals surface area contributed by atoms with Crippen molar-refractivity contribution in [2.75, 3.05) is 7.11 Å². The van der Waals surface area contributed by atoms with E-state index in [-0.39, 0.29) is 0 Å². The number of halogens is 1. The second-order valence-corrected chi connectivity index (χ2v) is 9.61. The Balaban J connectivity index is 1.99. The number of hydrogen-bond donors (Lipinski definition) is 0. The minimum atomic E-state index is 0.397. The summed E-state index contributed by atoms with van der Waals surface area (Å²) in [6.45, 7) is 4.40. The second kappa shape index (κ2) is 8.90. The molecule has 3 rings (SSSR count). The molecule has 3 heteroatoms. The van der Waals surface area contributed by atoms with Crippen LogP contribution in [0.15, 0.2) is 71.2 Å². The minimum absolute atomic E-state index is 0.397. The molecule has 1 nitrogen and oxygen atoms in total. The molecule has 1 atom stereocenters. The van der Waals surface area contributed by atoms with E-state index in [0.29, 0.717) is 20.9 Å². The van der Waals surface area contributed by atoms with E-state index in [1.54, 1.807) is 7.11 Å². The van der Waals surface area contributed by atoms with Gasteiger partial charge < -0.3 is 0 Å². The summed E-state index contributed by atoms with van der Waals surface area (Å²) < 4.78 is 8.03. The van der Waals surface area contributed by atoms with E-state index in [0.717, 1.165) is 15.5 Å². The van der Waals surface area contributed by atoms with Crippen LogP contribution in [0.5, 0.6) is 5.75 Å². The second-order valence-electron chi connectivity index (χ2n) is 6.40. The third-order valence-electron chi connectivity index (χ3n) is 4.58. The van der Waals surface area contributed by atoms with Crippen LogP contribution in [-0.2, 0) is 0 Å². The van der Waals surface area contributed by atoms with Crippen molar-refractivity contribution < 1.29 is 4.74 Å². The van der Waals surface area contributed by atoms with Crippen molar-refractivity contribution in [3.8, 4) is 5.75 Å². The molecule has 1 unspecified atom stereocenters. The van der Waals surface area contributed by atoms with Crippen LogP contribution in [0.4, 0.5) is 0 Å². The molecule has 3 aromatic rings. The standard InChI is InChI=1S/C23H23BrOSe/c1-16-13-20(25-3)14-17(2)23(16)22(18-9-11-19(24)12-10-18)15-26-21-7-5-4-6-8-21/h4-14,22H,15H2,1-3H3. The molecule has 0 aliphatic heterocycles. The molecule has 0 aromatic heterocycles. The maximum atomic E-state index is 5.46. The van der Waals surface area contributed by atoms with Gasteiger partial charge in [0.2, 0.25) is 0 Å². The Morgan fingerprint density at radius 1 is 0.923 bits per heavy atom. The van der Waals surface area contributed by atoms with Gasteiger partial charge in [-0.3, -0.25) is 0 Å². The molecule has 0 heterocycles. The van der Waals surface area contributed by atoms with Gasteiger partial charge in [0.05, 0.1) is 0 Å². The third-order valence-corrected chi connectivity index (χ3v) is 7.43. The van der Waals surface area contributed by atoms with Crippen molar-refractivity contribution in [3.63, 3.8) is 0 Å². The molecule has 0 spiro atoms. The number of hydrogen-bond acceptors (Lipinski definition) is 1. The van der Waals surface area contributed by atoms with E-state index in [4.69, 9.17) is 4.74 Å². The first kappa shape index (κ1) is 19.2. The fourth-order valence-corrected chi connectivity index (χ4v) is 5.84. The van der Waals surface area contributed by atoms with Gasteiger partial charge in [-0.05, 0) is 0 Å². The Kier molecular flexibility index (Phi) is 6.58. The summed E-state index contributed by atoms with van der Waals surface area (Å²) >= 11 is 3.99. The molecule has 134 valence electrons. The van der Waals surface area contributed by atoms with Crippen LogP contribution < -0.4 is 9.20 Å². The maximum absolute atomic E-state index is 5.46. The summed E-state index contributed by atoms with van der Waals surface area (Å²) in [5.41, 5.74) is 5.42. The van der Waals surface area contributed by atoms with Gasteiger partial charge in [-0.1, -0.05) is 0 Å². The third kappa shape index (κ3) is 4.59. The molecule has 0 saturated heterocycles. The molecular weight excluding hydrogens is 451 g/mol. The average molecular weight is 474 g/mol. The molecule has 0 bridgehead atoms. The molecule has 0 N–H and O–H groups in total. The van der Waals surface area contributed by atoms with Gasteiger partial charge in [0.1, 0.15) is 0 Å². The zero-order valence-electron chi connectivity index (χ0n) is 15.3. The predicted octanol–water partition coefficient (Wildman–Crippen LogP) is 5.65. The van der Waals surface area contributed by atoms with Crippen LogP contribution in [0.25, 0.3) is 0 Å². The van der Waals surface area contributed by atoms with Crippen molar-refractivity contribution in [1.82, 2.24) is 0 Å². The number of ether oxygens (including phenoxy) is 1. The molecule has 0 aliphatic rings. The van der Waals surface area contributed by atoms with Crippen LogP contribution in [0.1, 0.15) is 28.2 Å². The van der Waals surface area contributed by atoms with E-state index >= 15 is 0 Å². The van der Waals surface area contributed by atoms with Gasteiger partial charge in [-0.25, -0.2) is 0 Å². The number of methoxy groups -OCH3 is 1. The number of benzene rings is 3. The Morgan fingerprint density at radius 2 is 1.54 bits per heavy atom.